The van der Waals surface area contributed by atoms with Crippen LogP contribution in [0.25, 0.3) is 0 Å². The molecule has 2 rings (SSSR count). The average Bonchev–Trinajstić information content (AvgIpc) is 2.30. The summed E-state index contributed by atoms with van der Waals surface area (Å²) in [7, 11) is 0. The van der Waals surface area contributed by atoms with Crippen molar-refractivity contribution in [1.82, 2.24) is 9.97 Å². The molecule has 0 spiro atoms. The van der Waals surface area contributed by atoms with Gasteiger partial charge in [0, 0.05) is 11.1 Å². The van der Waals surface area contributed by atoms with Crippen molar-refractivity contribution in [3.63, 3.8) is 0 Å². The number of nitrogens with zero attached hydrogens (tertiary/aromatic N) is 2. The molecule has 1 aromatic carbocycles. The predicted octanol–water partition coefficient (Wildman–Crippen LogP) is 3.30. The van der Waals surface area contributed by atoms with Crippen molar-refractivity contribution in [1.29, 1.82) is 0 Å². The van der Waals surface area contributed by atoms with E-state index in [4.69, 9.17) is 11.6 Å². The van der Waals surface area contributed by atoms with Gasteiger partial charge in [0.25, 0.3) is 0 Å². The molecule has 0 bridgehead atoms. The smallest absolute Gasteiger partial charge is 0.115 e. The van der Waals surface area contributed by atoms with E-state index in [0.29, 0.717) is 0 Å². The lowest BCUT2D eigenvalue weighted by Gasteiger charge is -2.15. The van der Waals surface area contributed by atoms with Gasteiger partial charge in [0.1, 0.15) is 6.33 Å². The molecule has 0 saturated carbocycles. The Balaban J connectivity index is 2.12. The number of nitrogens with one attached hydrogen (secondary N) is 1. The maximum absolute atomic E-state index is 5.94. The third-order valence-corrected chi connectivity index (χ3v) is 2.53. The van der Waals surface area contributed by atoms with Gasteiger partial charge in [0.2, 0.25) is 0 Å². The Morgan fingerprint density at radius 2 is 2.00 bits per heavy atom. The van der Waals surface area contributed by atoms with Crippen molar-refractivity contribution in [3.05, 3.63) is 53.6 Å². The minimum absolute atomic E-state index is 0.171. The molecule has 2 aromatic rings. The van der Waals surface area contributed by atoms with Crippen LogP contribution in [0.3, 0.4) is 0 Å². The summed E-state index contributed by atoms with van der Waals surface area (Å²) < 4.78 is 0. The van der Waals surface area contributed by atoms with Crippen molar-refractivity contribution >= 4 is 17.3 Å². The molecule has 16 heavy (non-hydrogen) atoms. The molecule has 0 saturated heterocycles. The van der Waals surface area contributed by atoms with Gasteiger partial charge in [-0.1, -0.05) is 23.7 Å². The minimum Gasteiger partial charge on any atom is -0.376 e. The summed E-state index contributed by atoms with van der Waals surface area (Å²) in [5.74, 6) is 0. The maximum Gasteiger partial charge on any atom is 0.115 e. The first-order chi connectivity index (χ1) is 7.75. The van der Waals surface area contributed by atoms with Crippen molar-refractivity contribution < 1.29 is 0 Å². The van der Waals surface area contributed by atoms with Gasteiger partial charge in [-0.15, -0.1) is 0 Å². The summed E-state index contributed by atoms with van der Waals surface area (Å²) >= 11 is 5.94. The van der Waals surface area contributed by atoms with Crippen LogP contribution < -0.4 is 5.32 Å². The lowest BCUT2D eigenvalue weighted by atomic mass is 10.1. The molecule has 0 aliphatic rings. The van der Waals surface area contributed by atoms with E-state index in [1.54, 1.807) is 12.4 Å². The highest BCUT2D eigenvalue weighted by Gasteiger charge is 2.05. The second-order valence-corrected chi connectivity index (χ2v) is 3.98. The Kier molecular flexibility index (Phi) is 3.37. The van der Waals surface area contributed by atoms with Gasteiger partial charge in [-0.2, -0.15) is 0 Å². The highest BCUT2D eigenvalue weighted by atomic mass is 35.5. The third kappa shape index (κ3) is 2.70. The standard InChI is InChI=1S/C12H12ClN3/c1-9(10-3-2-4-11(13)5-10)16-12-6-14-8-15-7-12/h2-9,16H,1H3. The predicted molar refractivity (Wildman–Crippen MR) is 65.5 cm³/mol. The summed E-state index contributed by atoms with van der Waals surface area (Å²) in [5, 5.41) is 4.05. The molecule has 0 aliphatic carbocycles. The van der Waals surface area contributed by atoms with Crippen molar-refractivity contribution in [3.8, 4) is 0 Å². The van der Waals surface area contributed by atoms with Gasteiger partial charge in [-0.3, -0.25) is 0 Å². The Morgan fingerprint density at radius 1 is 1.25 bits per heavy atom. The molecule has 1 aromatic heterocycles. The van der Waals surface area contributed by atoms with E-state index in [1.165, 1.54) is 6.33 Å². The van der Waals surface area contributed by atoms with Crippen LogP contribution in [-0.2, 0) is 0 Å². The number of halogens is 1. The van der Waals surface area contributed by atoms with Gasteiger partial charge >= 0.3 is 0 Å². The Morgan fingerprint density at radius 3 is 2.69 bits per heavy atom. The largest absolute Gasteiger partial charge is 0.376 e. The number of hydrogen-bond donors (Lipinski definition) is 1. The molecule has 1 unspecified atom stereocenters. The number of benzene rings is 1. The normalized spacial score (nSPS) is 12.1. The molecule has 0 radical (unpaired) electrons. The summed E-state index contributed by atoms with van der Waals surface area (Å²) in [4.78, 5) is 7.90. The number of hydrogen-bond acceptors (Lipinski definition) is 3. The molecule has 0 fully saturated rings. The minimum atomic E-state index is 0.171. The van der Waals surface area contributed by atoms with Gasteiger partial charge in [-0.25, -0.2) is 9.97 Å². The zero-order valence-corrected chi connectivity index (χ0v) is 9.65. The summed E-state index contributed by atoms with van der Waals surface area (Å²) in [5.41, 5.74) is 2.03. The third-order valence-electron chi connectivity index (χ3n) is 2.29. The van der Waals surface area contributed by atoms with E-state index in [-0.39, 0.29) is 6.04 Å². The molecular weight excluding hydrogens is 222 g/mol. The first kappa shape index (κ1) is 10.9. The summed E-state index contributed by atoms with van der Waals surface area (Å²) in [6, 6.07) is 7.96. The van der Waals surface area contributed by atoms with Crippen LogP contribution in [0.2, 0.25) is 5.02 Å². The van der Waals surface area contributed by atoms with E-state index < -0.39 is 0 Å². The number of aromatic nitrogens is 2. The van der Waals surface area contributed by atoms with Crippen LogP contribution in [-0.4, -0.2) is 9.97 Å². The van der Waals surface area contributed by atoms with Gasteiger partial charge < -0.3 is 5.32 Å². The van der Waals surface area contributed by atoms with Crippen LogP contribution in [0.5, 0.6) is 0 Å². The topological polar surface area (TPSA) is 37.8 Å². The highest BCUT2D eigenvalue weighted by Crippen LogP contribution is 2.20. The number of anilines is 1. The lowest BCUT2D eigenvalue weighted by Crippen LogP contribution is -2.06. The molecule has 1 heterocycles. The van der Waals surface area contributed by atoms with E-state index in [1.807, 2.05) is 24.3 Å². The van der Waals surface area contributed by atoms with Crippen molar-refractivity contribution in [2.24, 2.45) is 0 Å². The molecule has 4 heteroatoms. The second kappa shape index (κ2) is 4.94. The number of rotatable bonds is 3. The monoisotopic (exact) mass is 233 g/mol. The molecule has 3 nitrogen and oxygen atoms in total. The molecule has 82 valence electrons. The zero-order chi connectivity index (χ0) is 11.4. The lowest BCUT2D eigenvalue weighted by molar-refractivity contribution is 0.880. The fourth-order valence-corrected chi connectivity index (χ4v) is 1.68. The van der Waals surface area contributed by atoms with Crippen molar-refractivity contribution in [2.75, 3.05) is 5.32 Å². The van der Waals surface area contributed by atoms with Crippen LogP contribution in [0.15, 0.2) is 43.0 Å². The molecular formula is C12H12ClN3. The van der Waals surface area contributed by atoms with Gasteiger partial charge in [-0.05, 0) is 24.6 Å². The fraction of sp³-hybridized carbons (Fsp3) is 0.167. The van der Waals surface area contributed by atoms with Crippen LogP contribution in [0.4, 0.5) is 5.69 Å². The Labute approximate surface area is 99.5 Å². The first-order valence-corrected chi connectivity index (χ1v) is 5.40. The van der Waals surface area contributed by atoms with E-state index in [2.05, 4.69) is 22.2 Å². The van der Waals surface area contributed by atoms with E-state index >= 15 is 0 Å². The van der Waals surface area contributed by atoms with Gasteiger partial charge in [0.05, 0.1) is 18.1 Å². The van der Waals surface area contributed by atoms with E-state index in [9.17, 15) is 0 Å². The molecule has 1 N–H and O–H groups in total. The van der Waals surface area contributed by atoms with Gasteiger partial charge in [0.15, 0.2) is 0 Å². The van der Waals surface area contributed by atoms with Crippen LogP contribution >= 0.6 is 11.6 Å². The Bertz CT molecular complexity index is 459. The van der Waals surface area contributed by atoms with Crippen molar-refractivity contribution in [2.45, 2.75) is 13.0 Å². The van der Waals surface area contributed by atoms with E-state index in [0.717, 1.165) is 16.3 Å². The first-order valence-electron chi connectivity index (χ1n) is 5.03. The average molecular weight is 234 g/mol. The highest BCUT2D eigenvalue weighted by molar-refractivity contribution is 6.30. The summed E-state index contributed by atoms with van der Waals surface area (Å²) in [6.07, 6.45) is 5.00. The van der Waals surface area contributed by atoms with Crippen LogP contribution in [0, 0.1) is 0 Å². The summed E-state index contributed by atoms with van der Waals surface area (Å²) in [6.45, 7) is 2.07. The fourth-order valence-electron chi connectivity index (χ4n) is 1.48. The Hall–Kier alpha value is -1.61. The second-order valence-electron chi connectivity index (χ2n) is 3.55. The zero-order valence-electron chi connectivity index (χ0n) is 8.89. The SMILES string of the molecule is CC(Nc1cncnc1)c1cccc(Cl)c1. The quantitative estimate of drug-likeness (QED) is 0.884. The molecule has 1 atom stereocenters. The molecule has 0 aliphatic heterocycles. The molecule has 0 amide bonds. The van der Waals surface area contributed by atoms with Crippen LogP contribution in [0.1, 0.15) is 18.5 Å². The maximum atomic E-state index is 5.94.